The molecule has 1 aromatic rings. The Bertz CT molecular complexity index is 526. The van der Waals surface area contributed by atoms with Gasteiger partial charge in [-0.05, 0) is 46.2 Å². The Morgan fingerprint density at radius 3 is 2.95 bits per heavy atom. The lowest BCUT2D eigenvalue weighted by atomic mass is 10.0. The Balaban J connectivity index is 1.77. The highest BCUT2D eigenvalue weighted by molar-refractivity contribution is 7.89. The fraction of sp³-hybridized carbons (Fsp3) is 0.769. The van der Waals surface area contributed by atoms with Crippen LogP contribution in [0.3, 0.4) is 0 Å². The lowest BCUT2D eigenvalue weighted by Gasteiger charge is -2.33. The fourth-order valence-electron chi connectivity index (χ4n) is 2.67. The number of nitrogens with one attached hydrogen (secondary N) is 2. The number of sulfonamides is 1. The quantitative estimate of drug-likeness (QED) is 0.775. The third kappa shape index (κ3) is 3.80. The van der Waals surface area contributed by atoms with Gasteiger partial charge in [-0.1, -0.05) is 6.42 Å². The van der Waals surface area contributed by atoms with Crippen LogP contribution in [0.15, 0.2) is 11.1 Å². The predicted octanol–water partition coefficient (Wildman–Crippen LogP) is 1.26. The van der Waals surface area contributed by atoms with Crippen molar-refractivity contribution in [3.05, 3.63) is 11.9 Å². The van der Waals surface area contributed by atoms with Crippen LogP contribution in [-0.4, -0.2) is 49.2 Å². The van der Waals surface area contributed by atoms with Crippen molar-refractivity contribution in [1.29, 1.82) is 0 Å². The van der Waals surface area contributed by atoms with E-state index in [1.807, 2.05) is 0 Å². The second-order valence-corrected chi connectivity index (χ2v) is 7.23. The molecule has 0 aromatic carbocycles. The Morgan fingerprint density at radius 1 is 1.50 bits per heavy atom. The zero-order chi connectivity index (χ0) is 14.6. The van der Waals surface area contributed by atoms with Crippen molar-refractivity contribution in [3.8, 4) is 0 Å². The maximum Gasteiger partial charge on any atom is 0.243 e. The van der Waals surface area contributed by atoms with E-state index < -0.39 is 10.0 Å². The number of aromatic amines is 1. The first-order valence-corrected chi connectivity index (χ1v) is 8.73. The summed E-state index contributed by atoms with van der Waals surface area (Å²) in [4.78, 5) is 2.69. The number of hydrogen-bond acceptors (Lipinski definition) is 4. The summed E-state index contributed by atoms with van der Waals surface area (Å²) in [5, 5.41) is 6.39. The van der Waals surface area contributed by atoms with Crippen molar-refractivity contribution in [2.75, 3.05) is 19.6 Å². The Hall–Kier alpha value is -0.920. The molecule has 2 N–H and O–H groups in total. The van der Waals surface area contributed by atoms with Gasteiger partial charge in [-0.3, -0.25) is 5.10 Å². The summed E-state index contributed by atoms with van der Waals surface area (Å²) in [7, 11) is -3.43. The first-order valence-electron chi connectivity index (χ1n) is 7.24. The zero-order valence-electron chi connectivity index (χ0n) is 12.2. The minimum absolute atomic E-state index is 0.240. The summed E-state index contributed by atoms with van der Waals surface area (Å²) >= 11 is 0. The topological polar surface area (TPSA) is 78.1 Å². The molecule has 1 saturated heterocycles. The van der Waals surface area contributed by atoms with Crippen LogP contribution in [-0.2, 0) is 10.0 Å². The number of nitrogens with zero attached hydrogens (tertiary/aromatic N) is 2. The molecule has 0 amide bonds. The van der Waals surface area contributed by atoms with Gasteiger partial charge in [-0.2, -0.15) is 5.10 Å². The molecular formula is C13H24N4O2S. The normalized spacial score (nSPS) is 21.2. The van der Waals surface area contributed by atoms with Gasteiger partial charge in [-0.25, -0.2) is 13.1 Å². The third-order valence-electron chi connectivity index (χ3n) is 3.93. The Morgan fingerprint density at radius 2 is 2.30 bits per heavy atom. The summed E-state index contributed by atoms with van der Waals surface area (Å²) in [5.74, 6) is 0. The fourth-order valence-corrected chi connectivity index (χ4v) is 3.88. The summed E-state index contributed by atoms with van der Waals surface area (Å²) in [6, 6.07) is 0.622. The van der Waals surface area contributed by atoms with Gasteiger partial charge in [0.05, 0.1) is 11.9 Å². The standard InChI is InChI=1S/C13H24N4O2S/c1-11-6-3-4-8-17(11)9-5-7-15-20(18,19)13-10-14-16-12(13)2/h10-11,15H,3-9H2,1-2H3,(H,14,16). The van der Waals surface area contributed by atoms with Crippen molar-refractivity contribution in [2.24, 2.45) is 0 Å². The molecule has 0 radical (unpaired) electrons. The number of piperidine rings is 1. The van der Waals surface area contributed by atoms with E-state index in [9.17, 15) is 8.42 Å². The van der Waals surface area contributed by atoms with Gasteiger partial charge < -0.3 is 4.90 Å². The van der Waals surface area contributed by atoms with E-state index in [0.717, 1.165) is 19.5 Å². The molecule has 7 heteroatoms. The lowest BCUT2D eigenvalue weighted by Crippen LogP contribution is -2.39. The van der Waals surface area contributed by atoms with Crippen LogP contribution in [0.1, 0.15) is 38.3 Å². The molecule has 0 aliphatic carbocycles. The largest absolute Gasteiger partial charge is 0.301 e. The van der Waals surface area contributed by atoms with Gasteiger partial charge >= 0.3 is 0 Å². The average molecular weight is 300 g/mol. The van der Waals surface area contributed by atoms with Crippen LogP contribution in [0.2, 0.25) is 0 Å². The molecule has 2 rings (SSSR count). The molecule has 1 atom stereocenters. The van der Waals surface area contributed by atoms with Gasteiger partial charge in [0.15, 0.2) is 0 Å². The van der Waals surface area contributed by atoms with Crippen molar-refractivity contribution < 1.29 is 8.42 Å². The second kappa shape index (κ2) is 6.69. The highest BCUT2D eigenvalue weighted by atomic mass is 32.2. The smallest absolute Gasteiger partial charge is 0.243 e. The number of likely N-dealkylation sites (tertiary alicyclic amines) is 1. The maximum atomic E-state index is 12.0. The van der Waals surface area contributed by atoms with E-state index in [2.05, 4.69) is 26.7 Å². The summed E-state index contributed by atoms with van der Waals surface area (Å²) in [6.07, 6.45) is 6.00. The van der Waals surface area contributed by atoms with Gasteiger partial charge in [0.1, 0.15) is 4.90 Å². The van der Waals surface area contributed by atoms with Crippen molar-refractivity contribution in [1.82, 2.24) is 19.8 Å². The average Bonchev–Trinajstić information content (AvgIpc) is 2.84. The monoisotopic (exact) mass is 300 g/mol. The highest BCUT2D eigenvalue weighted by Crippen LogP contribution is 2.16. The molecule has 1 aliphatic heterocycles. The molecule has 114 valence electrons. The molecule has 20 heavy (non-hydrogen) atoms. The first kappa shape index (κ1) is 15.5. The van der Waals surface area contributed by atoms with Crippen LogP contribution >= 0.6 is 0 Å². The minimum atomic E-state index is -3.43. The minimum Gasteiger partial charge on any atom is -0.301 e. The SMILES string of the molecule is Cc1[nH]ncc1S(=O)(=O)NCCCN1CCCCC1C. The van der Waals surface area contributed by atoms with Crippen LogP contribution in [0.25, 0.3) is 0 Å². The lowest BCUT2D eigenvalue weighted by molar-refractivity contribution is 0.159. The number of H-pyrrole nitrogens is 1. The molecule has 0 saturated carbocycles. The summed E-state index contributed by atoms with van der Waals surface area (Å²) in [5.41, 5.74) is 0.571. The summed E-state index contributed by atoms with van der Waals surface area (Å²) < 4.78 is 26.7. The van der Waals surface area contributed by atoms with Crippen molar-refractivity contribution in [3.63, 3.8) is 0 Å². The highest BCUT2D eigenvalue weighted by Gasteiger charge is 2.19. The van der Waals surface area contributed by atoms with E-state index >= 15 is 0 Å². The van der Waals surface area contributed by atoms with E-state index in [-0.39, 0.29) is 4.90 Å². The van der Waals surface area contributed by atoms with Crippen LogP contribution in [0, 0.1) is 6.92 Å². The van der Waals surface area contributed by atoms with Crippen molar-refractivity contribution >= 4 is 10.0 Å². The molecule has 1 unspecified atom stereocenters. The maximum absolute atomic E-state index is 12.0. The molecule has 0 spiro atoms. The molecule has 2 heterocycles. The van der Waals surface area contributed by atoms with E-state index in [4.69, 9.17) is 0 Å². The zero-order valence-corrected chi connectivity index (χ0v) is 13.0. The van der Waals surface area contributed by atoms with Gasteiger partial charge in [0, 0.05) is 12.6 Å². The predicted molar refractivity (Wildman–Crippen MR) is 78.0 cm³/mol. The van der Waals surface area contributed by atoms with Gasteiger partial charge in [0.25, 0.3) is 0 Å². The van der Waals surface area contributed by atoms with Crippen LogP contribution in [0.4, 0.5) is 0 Å². The molecule has 6 nitrogen and oxygen atoms in total. The van der Waals surface area contributed by atoms with Crippen LogP contribution in [0.5, 0.6) is 0 Å². The second-order valence-electron chi connectivity index (χ2n) is 5.49. The molecular weight excluding hydrogens is 276 g/mol. The van der Waals surface area contributed by atoms with Gasteiger partial charge in [0.2, 0.25) is 10.0 Å². The van der Waals surface area contributed by atoms with Crippen molar-refractivity contribution in [2.45, 2.75) is 50.5 Å². The number of rotatable bonds is 6. The Labute approximate surface area is 121 Å². The van der Waals surface area contributed by atoms with E-state index in [0.29, 0.717) is 18.3 Å². The molecule has 1 fully saturated rings. The number of hydrogen-bond donors (Lipinski definition) is 2. The van der Waals surface area contributed by atoms with Crippen LogP contribution < -0.4 is 4.72 Å². The third-order valence-corrected chi connectivity index (χ3v) is 5.50. The molecule has 0 bridgehead atoms. The number of aryl methyl sites for hydroxylation is 1. The molecule has 1 aromatic heterocycles. The van der Waals surface area contributed by atoms with E-state index in [1.165, 1.54) is 25.5 Å². The molecule has 1 aliphatic rings. The summed E-state index contributed by atoms with van der Waals surface area (Å²) in [6.45, 7) is 6.51. The Kier molecular flexibility index (Phi) is 5.17. The van der Waals surface area contributed by atoms with Gasteiger partial charge in [-0.15, -0.1) is 0 Å². The van der Waals surface area contributed by atoms with E-state index in [1.54, 1.807) is 6.92 Å². The number of aromatic nitrogens is 2. The first-order chi connectivity index (χ1) is 9.50.